The van der Waals surface area contributed by atoms with Crippen LogP contribution in [0.3, 0.4) is 0 Å². The van der Waals surface area contributed by atoms with Crippen LogP contribution in [0.15, 0.2) is 12.2 Å². The minimum absolute atomic E-state index is 0.0986. The van der Waals surface area contributed by atoms with E-state index in [9.17, 15) is 29.4 Å². The number of carbonyl (C=O) groups excluding carboxylic acids is 2. The minimum atomic E-state index is -2.40. The molecule has 0 aromatic carbocycles. The summed E-state index contributed by atoms with van der Waals surface area (Å²) in [4.78, 5) is 49.9. The first-order valence-corrected chi connectivity index (χ1v) is 13.1. The van der Waals surface area contributed by atoms with Crippen molar-refractivity contribution in [3.05, 3.63) is 12.2 Å². The molecule has 202 valence electrons. The van der Waals surface area contributed by atoms with Gasteiger partial charge in [-0.2, -0.15) is 0 Å². The van der Waals surface area contributed by atoms with Crippen molar-refractivity contribution in [3.8, 4) is 0 Å². The number of unbranched alkanes of at least 4 members (excludes halogenated alkanes) is 10. The maximum atomic E-state index is 12.8. The highest BCUT2D eigenvalue weighted by atomic mass is 16.5. The van der Waals surface area contributed by atoms with Crippen LogP contribution >= 0.6 is 0 Å². The number of hydrogen-bond acceptors (Lipinski definition) is 6. The van der Waals surface area contributed by atoms with E-state index in [0.29, 0.717) is 12.8 Å². The van der Waals surface area contributed by atoms with Crippen LogP contribution in [0.5, 0.6) is 0 Å². The molecule has 0 aliphatic rings. The maximum Gasteiger partial charge on any atom is 0.332 e. The first-order chi connectivity index (χ1) is 16.6. The van der Waals surface area contributed by atoms with E-state index in [0.717, 1.165) is 64.2 Å². The molecule has 0 aromatic heterocycles. The molecule has 8 nitrogen and oxygen atoms in total. The second-order valence-corrected chi connectivity index (χ2v) is 9.27. The van der Waals surface area contributed by atoms with Gasteiger partial charge in [-0.1, -0.05) is 98.5 Å². The third kappa shape index (κ3) is 10.4. The smallest absolute Gasteiger partial charge is 0.332 e. The quantitative estimate of drug-likeness (QED) is 0.116. The first kappa shape index (κ1) is 32.6. The van der Waals surface area contributed by atoms with Crippen LogP contribution in [-0.2, 0) is 28.7 Å². The second-order valence-electron chi connectivity index (χ2n) is 9.27. The van der Waals surface area contributed by atoms with Gasteiger partial charge >= 0.3 is 23.9 Å². The topological polar surface area (TPSA) is 127 Å². The Morgan fingerprint density at radius 1 is 0.686 bits per heavy atom. The van der Waals surface area contributed by atoms with Crippen molar-refractivity contribution in [2.24, 2.45) is 17.3 Å². The zero-order chi connectivity index (χ0) is 26.9. The summed E-state index contributed by atoms with van der Waals surface area (Å²) in [5, 5.41) is 19.7. The number of esters is 2. The van der Waals surface area contributed by atoms with E-state index in [-0.39, 0.29) is 13.2 Å². The van der Waals surface area contributed by atoms with Gasteiger partial charge in [0, 0.05) is 5.57 Å². The first-order valence-electron chi connectivity index (χ1n) is 13.1. The highest BCUT2D eigenvalue weighted by Gasteiger charge is 2.58. The minimum Gasteiger partial charge on any atom is -0.481 e. The van der Waals surface area contributed by atoms with Crippen molar-refractivity contribution in [2.45, 2.75) is 105 Å². The Bertz CT molecular complexity index is 649. The Morgan fingerprint density at radius 3 is 1.34 bits per heavy atom. The maximum absolute atomic E-state index is 12.8. The molecule has 2 atom stereocenters. The largest absolute Gasteiger partial charge is 0.481 e. The molecule has 0 bridgehead atoms. The Balaban J connectivity index is 5.32. The van der Waals surface area contributed by atoms with Crippen LogP contribution in [0.1, 0.15) is 105 Å². The highest BCUT2D eigenvalue weighted by molar-refractivity contribution is 6.01. The predicted molar refractivity (Wildman–Crippen MR) is 134 cm³/mol. The van der Waals surface area contributed by atoms with Gasteiger partial charge in [-0.25, -0.2) is 4.79 Å². The Hall–Kier alpha value is -2.38. The predicted octanol–water partition coefficient (Wildman–Crippen LogP) is 5.78. The average molecular weight is 499 g/mol. The molecule has 0 saturated carbocycles. The van der Waals surface area contributed by atoms with Crippen molar-refractivity contribution in [1.29, 1.82) is 0 Å². The molecule has 0 aliphatic carbocycles. The van der Waals surface area contributed by atoms with Crippen LogP contribution in [0.2, 0.25) is 0 Å². The third-order valence-electron chi connectivity index (χ3n) is 6.67. The number of hydrogen-bond donors (Lipinski definition) is 2. The third-order valence-corrected chi connectivity index (χ3v) is 6.67. The molecule has 2 unspecified atom stereocenters. The van der Waals surface area contributed by atoms with Crippen molar-refractivity contribution in [3.63, 3.8) is 0 Å². The molecule has 0 heterocycles. The number of carbonyl (C=O) groups is 4. The van der Waals surface area contributed by atoms with Crippen LogP contribution in [0, 0.1) is 17.3 Å². The van der Waals surface area contributed by atoms with E-state index >= 15 is 0 Å². The molecule has 0 spiro atoms. The lowest BCUT2D eigenvalue weighted by Crippen LogP contribution is -2.52. The molecular formula is C27H46O8. The number of ether oxygens (including phenoxy) is 2. The molecule has 0 aliphatic heterocycles. The van der Waals surface area contributed by atoms with Gasteiger partial charge in [0.2, 0.25) is 0 Å². The van der Waals surface area contributed by atoms with E-state index in [1.165, 1.54) is 13.8 Å². The lowest BCUT2D eigenvalue weighted by atomic mass is 9.63. The number of carboxylic acid groups (broad SMARTS) is 2. The van der Waals surface area contributed by atoms with E-state index in [2.05, 4.69) is 20.4 Å². The molecule has 35 heavy (non-hydrogen) atoms. The molecule has 0 rings (SSSR count). The van der Waals surface area contributed by atoms with Crippen molar-refractivity contribution < 1.29 is 38.9 Å². The highest BCUT2D eigenvalue weighted by Crippen LogP contribution is 2.44. The fourth-order valence-corrected chi connectivity index (χ4v) is 4.31. The molecule has 0 aromatic rings. The van der Waals surface area contributed by atoms with E-state index in [1.54, 1.807) is 0 Å². The fourth-order valence-electron chi connectivity index (χ4n) is 4.31. The summed E-state index contributed by atoms with van der Waals surface area (Å²) in [6.07, 6.45) is 11.7. The van der Waals surface area contributed by atoms with Crippen LogP contribution in [0.25, 0.3) is 0 Å². The molecule has 8 heteroatoms. The zero-order valence-electron chi connectivity index (χ0n) is 22.1. The number of rotatable bonds is 21. The molecular weight excluding hydrogens is 452 g/mol. The molecule has 0 radical (unpaired) electrons. The van der Waals surface area contributed by atoms with E-state index in [4.69, 9.17) is 9.47 Å². The summed E-state index contributed by atoms with van der Waals surface area (Å²) in [7, 11) is 0. The van der Waals surface area contributed by atoms with E-state index in [1.807, 2.05) is 0 Å². The van der Waals surface area contributed by atoms with Gasteiger partial charge in [0.15, 0.2) is 0 Å². The summed E-state index contributed by atoms with van der Waals surface area (Å²) >= 11 is 0. The number of aliphatic carboxylic acids is 2. The number of carboxylic acids is 2. The van der Waals surface area contributed by atoms with Gasteiger partial charge in [0.05, 0.1) is 25.0 Å². The van der Waals surface area contributed by atoms with Gasteiger partial charge in [0.25, 0.3) is 0 Å². The average Bonchev–Trinajstić information content (AvgIpc) is 2.82. The Labute approximate surface area is 210 Å². The van der Waals surface area contributed by atoms with E-state index < -0.39 is 46.7 Å². The molecule has 0 saturated heterocycles. The Morgan fingerprint density at radius 2 is 1.03 bits per heavy atom. The summed E-state index contributed by atoms with van der Waals surface area (Å²) in [6, 6.07) is 0. The monoisotopic (exact) mass is 498 g/mol. The van der Waals surface area contributed by atoms with Gasteiger partial charge in [-0.15, -0.1) is 0 Å². The van der Waals surface area contributed by atoms with Crippen molar-refractivity contribution >= 4 is 23.9 Å². The molecule has 2 N–H and O–H groups in total. The van der Waals surface area contributed by atoms with Gasteiger partial charge in [-0.05, 0) is 12.8 Å². The fraction of sp³-hybridized carbons (Fsp3) is 0.778. The summed E-state index contributed by atoms with van der Waals surface area (Å²) in [6.45, 7) is 10.4. The Kier molecular flexibility index (Phi) is 16.7. The molecule has 0 amide bonds. The van der Waals surface area contributed by atoms with Crippen LogP contribution in [0.4, 0.5) is 0 Å². The summed E-state index contributed by atoms with van der Waals surface area (Å²) in [5.41, 5.74) is -3.15. The van der Waals surface area contributed by atoms with Gasteiger partial charge in [0.1, 0.15) is 5.41 Å². The van der Waals surface area contributed by atoms with Crippen LogP contribution < -0.4 is 0 Å². The van der Waals surface area contributed by atoms with Crippen LogP contribution in [-0.4, -0.2) is 47.3 Å². The van der Waals surface area contributed by atoms with Gasteiger partial charge < -0.3 is 19.7 Å². The summed E-state index contributed by atoms with van der Waals surface area (Å²) in [5.74, 6) is -7.89. The lowest BCUT2D eigenvalue weighted by molar-refractivity contribution is -0.174. The normalized spacial score (nSPS) is 14.4. The van der Waals surface area contributed by atoms with Gasteiger partial charge in [-0.3, -0.25) is 14.4 Å². The SMILES string of the molecule is C=C(C(=O)O)C(C(=O)O)(C(C)C(=O)OCCCCCCCC)C(C)C(=O)OCCCCCCCC. The van der Waals surface area contributed by atoms with Crippen molar-refractivity contribution in [2.75, 3.05) is 13.2 Å². The summed E-state index contributed by atoms with van der Waals surface area (Å²) < 4.78 is 10.6. The van der Waals surface area contributed by atoms with Crippen molar-refractivity contribution in [1.82, 2.24) is 0 Å². The second kappa shape index (κ2) is 18.0. The molecule has 0 fully saturated rings. The zero-order valence-corrected chi connectivity index (χ0v) is 22.1. The standard InChI is InChI=1S/C27H46O8/c1-6-8-10-12-14-16-18-34-24(30)21(4)27(26(32)33,20(3)23(28)29)22(5)25(31)35-19-17-15-13-11-9-7-2/h21-22H,3,6-19H2,1-2,4-5H3,(H,28,29)(H,32,33). The lowest BCUT2D eigenvalue weighted by Gasteiger charge is -2.37.